The van der Waals surface area contributed by atoms with E-state index in [9.17, 15) is 9.18 Å². The molecule has 1 aromatic heterocycles. The molecule has 29 heavy (non-hydrogen) atoms. The zero-order chi connectivity index (χ0) is 20.5. The number of halogens is 2. The summed E-state index contributed by atoms with van der Waals surface area (Å²) in [7, 11) is 0. The summed E-state index contributed by atoms with van der Waals surface area (Å²) in [6.45, 7) is 3.93. The van der Waals surface area contributed by atoms with Crippen LogP contribution < -0.4 is 10.6 Å². The van der Waals surface area contributed by atoms with Gasteiger partial charge in [0.15, 0.2) is 0 Å². The van der Waals surface area contributed by atoms with Crippen molar-refractivity contribution in [1.29, 1.82) is 0 Å². The molecule has 1 unspecified atom stereocenters. The summed E-state index contributed by atoms with van der Waals surface area (Å²) in [5, 5.41) is 7.08. The van der Waals surface area contributed by atoms with E-state index < -0.39 is 17.6 Å². The fourth-order valence-electron chi connectivity index (χ4n) is 3.27. The molecule has 1 fully saturated rings. The van der Waals surface area contributed by atoms with Crippen LogP contribution in [0.4, 0.5) is 15.9 Å². The van der Waals surface area contributed by atoms with Crippen LogP contribution in [0.1, 0.15) is 38.2 Å². The molecule has 2 aliphatic rings. The first-order chi connectivity index (χ1) is 13.9. The van der Waals surface area contributed by atoms with Crippen molar-refractivity contribution in [1.82, 2.24) is 4.98 Å². The van der Waals surface area contributed by atoms with Crippen LogP contribution in [0.5, 0.6) is 0 Å². The van der Waals surface area contributed by atoms with Gasteiger partial charge in [-0.15, -0.1) is 0 Å². The highest BCUT2D eigenvalue weighted by molar-refractivity contribution is 6.30. The molecule has 2 aromatic rings. The van der Waals surface area contributed by atoms with Crippen molar-refractivity contribution in [3.05, 3.63) is 64.7 Å². The highest BCUT2D eigenvalue weighted by Gasteiger charge is 2.29. The van der Waals surface area contributed by atoms with Gasteiger partial charge in [-0.2, -0.15) is 0 Å². The number of aromatic nitrogens is 1. The molecular weight excluding hydrogens is 391 g/mol. The number of rotatable bonds is 6. The summed E-state index contributed by atoms with van der Waals surface area (Å²) >= 11 is 6.03. The summed E-state index contributed by atoms with van der Waals surface area (Å²) in [5.41, 5.74) is 2.37. The highest BCUT2D eigenvalue weighted by atomic mass is 35.5. The highest BCUT2D eigenvalue weighted by Crippen LogP contribution is 2.31. The first kappa shape index (κ1) is 19.6. The van der Waals surface area contributed by atoms with Crippen molar-refractivity contribution in [3.63, 3.8) is 0 Å². The molecule has 1 aliphatic heterocycles. The van der Waals surface area contributed by atoms with Crippen molar-refractivity contribution in [2.75, 3.05) is 10.6 Å². The van der Waals surface area contributed by atoms with Crippen LogP contribution in [0.3, 0.4) is 0 Å². The minimum Gasteiger partial charge on any atom is -0.367 e. The molecule has 0 saturated heterocycles. The second-order valence-electron chi connectivity index (χ2n) is 7.69. The Balaban J connectivity index is 1.67. The smallest absolute Gasteiger partial charge is 0.257 e. The maximum atomic E-state index is 14.4. The number of hydrogen-bond acceptors (Lipinski definition) is 4. The molecule has 1 atom stereocenters. The van der Waals surface area contributed by atoms with E-state index in [0.29, 0.717) is 22.5 Å². The third-order valence-electron chi connectivity index (χ3n) is 4.91. The predicted molar refractivity (Wildman–Crippen MR) is 114 cm³/mol. The maximum absolute atomic E-state index is 14.4. The Morgan fingerprint density at radius 3 is 2.72 bits per heavy atom. The molecule has 7 heteroatoms. The number of pyridine rings is 1. The number of anilines is 2. The van der Waals surface area contributed by atoms with Crippen LogP contribution in [0.25, 0.3) is 0 Å². The van der Waals surface area contributed by atoms with Gasteiger partial charge in [-0.3, -0.25) is 4.79 Å². The Labute approximate surface area is 174 Å². The fourth-order valence-corrected chi connectivity index (χ4v) is 3.45. The second-order valence-corrected chi connectivity index (χ2v) is 8.12. The van der Waals surface area contributed by atoms with Crippen molar-refractivity contribution >= 4 is 34.7 Å². The van der Waals surface area contributed by atoms with Gasteiger partial charge in [-0.05, 0) is 49.1 Å². The Morgan fingerprint density at radius 1 is 1.21 bits per heavy atom. The van der Waals surface area contributed by atoms with E-state index >= 15 is 0 Å². The van der Waals surface area contributed by atoms with E-state index in [4.69, 9.17) is 11.6 Å². The van der Waals surface area contributed by atoms with E-state index in [2.05, 4.69) is 20.6 Å². The van der Waals surface area contributed by atoms with Gasteiger partial charge >= 0.3 is 0 Å². The lowest BCUT2D eigenvalue weighted by Gasteiger charge is -2.24. The van der Waals surface area contributed by atoms with Crippen molar-refractivity contribution in [2.24, 2.45) is 10.9 Å². The molecule has 1 aromatic carbocycles. The molecular formula is C22H22ClFN4O. The van der Waals surface area contributed by atoms with E-state index in [1.54, 1.807) is 12.3 Å². The number of aliphatic imine (C=N–C) groups is 1. The molecule has 150 valence electrons. The average Bonchev–Trinajstić information content (AvgIpc) is 3.49. The lowest BCUT2D eigenvalue weighted by Crippen LogP contribution is -2.26. The SMILES string of the molecule is CC(C)C1=NC(=O)C(c2cc(Cl)ccc2F)C=C1Nc1ccnc(NC2CC2)c1. The van der Waals surface area contributed by atoms with Crippen molar-refractivity contribution in [3.8, 4) is 0 Å². The minimum atomic E-state index is -0.829. The topological polar surface area (TPSA) is 66.4 Å². The number of carbonyl (C=O) groups excluding carboxylic acids is 1. The second kappa shape index (κ2) is 7.95. The number of hydrogen-bond donors (Lipinski definition) is 2. The molecule has 0 radical (unpaired) electrons. The molecule has 2 N–H and O–H groups in total. The number of amides is 1. The molecule has 4 rings (SSSR count). The first-order valence-corrected chi connectivity index (χ1v) is 10.1. The van der Waals surface area contributed by atoms with Crippen LogP contribution in [0, 0.1) is 11.7 Å². The third-order valence-corrected chi connectivity index (χ3v) is 5.15. The molecule has 1 saturated carbocycles. The normalized spacial score (nSPS) is 19.1. The minimum absolute atomic E-state index is 0.0220. The Bertz CT molecular complexity index is 1010. The number of allylic oxidation sites excluding steroid dienone is 1. The van der Waals surface area contributed by atoms with Crippen LogP contribution >= 0.6 is 11.6 Å². The molecule has 5 nitrogen and oxygen atoms in total. The number of benzene rings is 1. The van der Waals surface area contributed by atoms with E-state index in [1.165, 1.54) is 18.2 Å². The van der Waals surface area contributed by atoms with Crippen molar-refractivity contribution in [2.45, 2.75) is 38.6 Å². The Morgan fingerprint density at radius 2 is 2.00 bits per heavy atom. The number of nitrogens with zero attached hydrogens (tertiary/aromatic N) is 2. The zero-order valence-electron chi connectivity index (χ0n) is 16.2. The Kier molecular flexibility index (Phi) is 5.37. The van der Waals surface area contributed by atoms with Crippen molar-refractivity contribution < 1.29 is 9.18 Å². The molecule has 2 heterocycles. The van der Waals surface area contributed by atoms with Gasteiger partial charge in [0.2, 0.25) is 0 Å². The van der Waals surface area contributed by atoms with Crippen LogP contribution in [-0.4, -0.2) is 22.6 Å². The fraction of sp³-hybridized carbons (Fsp3) is 0.318. The van der Waals surface area contributed by atoms with Gasteiger partial charge in [0.1, 0.15) is 11.6 Å². The predicted octanol–water partition coefficient (Wildman–Crippen LogP) is 5.17. The van der Waals surface area contributed by atoms with Gasteiger partial charge < -0.3 is 10.6 Å². The lowest BCUT2D eigenvalue weighted by atomic mass is 9.91. The number of dihydropyridines is 1. The van der Waals surface area contributed by atoms with Gasteiger partial charge in [-0.1, -0.05) is 25.4 Å². The van der Waals surface area contributed by atoms with Gasteiger partial charge in [0, 0.05) is 34.6 Å². The third kappa shape index (κ3) is 4.48. The van der Waals surface area contributed by atoms with Gasteiger partial charge in [0.05, 0.1) is 17.3 Å². The zero-order valence-corrected chi connectivity index (χ0v) is 17.0. The largest absolute Gasteiger partial charge is 0.367 e. The quantitative estimate of drug-likeness (QED) is 0.687. The number of nitrogens with one attached hydrogen (secondary N) is 2. The standard InChI is InChI=1S/C22H22ClFN4O/c1-12(2)21-19(26-15-7-8-25-20(10-15)27-14-4-5-14)11-17(22(29)28-21)16-9-13(23)3-6-18(16)24/h3,6-12,14,17H,4-5H2,1-2H3,(H2,25,26,27). The summed E-state index contributed by atoms with van der Waals surface area (Å²) < 4.78 is 14.4. The summed E-state index contributed by atoms with van der Waals surface area (Å²) in [4.78, 5) is 21.3. The van der Waals surface area contributed by atoms with E-state index in [1.807, 2.05) is 26.0 Å². The van der Waals surface area contributed by atoms with Gasteiger partial charge in [0.25, 0.3) is 5.91 Å². The van der Waals surface area contributed by atoms with Gasteiger partial charge in [-0.25, -0.2) is 14.4 Å². The first-order valence-electron chi connectivity index (χ1n) is 9.70. The lowest BCUT2D eigenvalue weighted by molar-refractivity contribution is -0.118. The van der Waals surface area contributed by atoms with Crippen LogP contribution in [-0.2, 0) is 4.79 Å². The number of carbonyl (C=O) groups is 1. The van der Waals surface area contributed by atoms with Crippen LogP contribution in [0.15, 0.2) is 53.3 Å². The summed E-state index contributed by atoms with van der Waals surface area (Å²) in [6, 6.07) is 8.47. The maximum Gasteiger partial charge on any atom is 0.257 e. The van der Waals surface area contributed by atoms with Crippen LogP contribution in [0.2, 0.25) is 5.02 Å². The monoisotopic (exact) mass is 412 g/mol. The molecule has 1 amide bonds. The molecule has 1 aliphatic carbocycles. The average molecular weight is 413 g/mol. The summed E-state index contributed by atoms with van der Waals surface area (Å²) in [6.07, 6.45) is 5.77. The van der Waals surface area contributed by atoms with E-state index in [-0.39, 0.29) is 11.5 Å². The molecule has 0 spiro atoms. The molecule has 0 bridgehead atoms. The Hall–Kier alpha value is -2.73. The van der Waals surface area contributed by atoms with E-state index in [0.717, 1.165) is 24.3 Å². The summed E-state index contributed by atoms with van der Waals surface area (Å²) in [5.74, 6) is -0.888.